The molecule has 3 rings (SSSR count). The van der Waals surface area contributed by atoms with Gasteiger partial charge in [0.15, 0.2) is 0 Å². The van der Waals surface area contributed by atoms with Crippen LogP contribution in [0.3, 0.4) is 0 Å². The summed E-state index contributed by atoms with van der Waals surface area (Å²) < 4.78 is 14.2. The summed E-state index contributed by atoms with van der Waals surface area (Å²) in [5.41, 5.74) is 1.90. The summed E-state index contributed by atoms with van der Waals surface area (Å²) in [6.45, 7) is 1.93. The Kier molecular flexibility index (Phi) is 2.90. The van der Waals surface area contributed by atoms with E-state index in [1.54, 1.807) is 0 Å². The maximum Gasteiger partial charge on any atom is 0.126 e. The van der Waals surface area contributed by atoms with Crippen LogP contribution in [-0.2, 0) is 6.54 Å². The van der Waals surface area contributed by atoms with E-state index in [2.05, 4.69) is 25.8 Å². The molecule has 0 amide bonds. The van der Waals surface area contributed by atoms with Crippen LogP contribution in [-0.4, -0.2) is 17.3 Å². The van der Waals surface area contributed by atoms with Crippen molar-refractivity contribution in [3.8, 4) is 0 Å². The zero-order valence-corrected chi connectivity index (χ0v) is 11.1. The topological polar surface area (TPSA) is 15.6 Å². The van der Waals surface area contributed by atoms with Crippen LogP contribution in [0.5, 0.6) is 0 Å². The number of halogens is 2. The maximum atomic E-state index is 13.3. The van der Waals surface area contributed by atoms with Crippen LogP contribution >= 0.6 is 15.9 Å². The fraction of sp³-hybridized carbons (Fsp3) is 0.462. The Hall–Kier alpha value is -0.900. The van der Waals surface area contributed by atoms with Crippen LogP contribution in [0.15, 0.2) is 21.6 Å². The second-order valence-electron chi connectivity index (χ2n) is 4.65. The van der Waals surface area contributed by atoms with Gasteiger partial charge < -0.3 is 4.90 Å². The minimum Gasteiger partial charge on any atom is -0.356 e. The summed E-state index contributed by atoms with van der Waals surface area (Å²) in [5.74, 6) is 0.912. The van der Waals surface area contributed by atoms with E-state index in [0.29, 0.717) is 0 Å². The number of nitrogens with zero attached hydrogens (tertiary/aromatic N) is 2. The third kappa shape index (κ3) is 2.10. The predicted octanol–water partition coefficient (Wildman–Crippen LogP) is 4.01. The minimum absolute atomic E-state index is 0.220. The molecule has 0 saturated carbocycles. The fourth-order valence-electron chi connectivity index (χ4n) is 2.52. The molecule has 1 saturated heterocycles. The van der Waals surface area contributed by atoms with Crippen LogP contribution < -0.4 is 0 Å². The van der Waals surface area contributed by atoms with Crippen molar-refractivity contribution in [2.24, 2.45) is 4.99 Å². The zero-order chi connectivity index (χ0) is 11.8. The van der Waals surface area contributed by atoms with Crippen LogP contribution in [0.4, 0.5) is 10.1 Å². The molecule has 1 aromatic rings. The van der Waals surface area contributed by atoms with Gasteiger partial charge in [0, 0.05) is 29.5 Å². The number of aliphatic imine (C=N–C) groups is 1. The first kappa shape index (κ1) is 11.2. The van der Waals surface area contributed by atoms with E-state index in [0.717, 1.165) is 41.1 Å². The van der Waals surface area contributed by atoms with Gasteiger partial charge in [-0.3, -0.25) is 0 Å². The Labute approximate surface area is 109 Å². The van der Waals surface area contributed by atoms with Crippen molar-refractivity contribution in [3.05, 3.63) is 28.0 Å². The number of benzene rings is 1. The molecular weight excluding hydrogens is 283 g/mol. The van der Waals surface area contributed by atoms with Gasteiger partial charge in [-0.2, -0.15) is 0 Å². The summed E-state index contributed by atoms with van der Waals surface area (Å²) in [4.78, 5) is 6.95. The van der Waals surface area contributed by atoms with Crippen molar-refractivity contribution in [1.82, 2.24) is 4.90 Å². The second kappa shape index (κ2) is 4.41. The summed E-state index contributed by atoms with van der Waals surface area (Å²) >= 11 is 3.43. The lowest BCUT2D eigenvalue weighted by Gasteiger charge is -2.29. The van der Waals surface area contributed by atoms with Crippen LogP contribution in [0, 0.1) is 5.82 Å². The molecule has 2 nitrogen and oxygen atoms in total. The highest BCUT2D eigenvalue weighted by atomic mass is 79.9. The van der Waals surface area contributed by atoms with Gasteiger partial charge in [-0.25, -0.2) is 9.38 Å². The normalized spacial score (nSPS) is 19.2. The van der Waals surface area contributed by atoms with Crippen LogP contribution in [0.25, 0.3) is 0 Å². The zero-order valence-electron chi connectivity index (χ0n) is 9.55. The first-order valence-electron chi connectivity index (χ1n) is 6.04. The number of rotatable bonds is 0. The molecule has 1 aromatic carbocycles. The molecule has 0 unspecified atom stereocenters. The van der Waals surface area contributed by atoms with Crippen molar-refractivity contribution in [1.29, 1.82) is 0 Å². The number of amidine groups is 1. The smallest absolute Gasteiger partial charge is 0.126 e. The summed E-state index contributed by atoms with van der Waals surface area (Å²) in [6.07, 6.45) is 4.71. The van der Waals surface area contributed by atoms with E-state index >= 15 is 0 Å². The standard InChI is InChI=1S/C13H14BrFN2/c14-11-6-9(15)7-12-10(11)8-17-5-3-1-2-4-13(17)16-12/h6-7H,1-5,8H2. The highest BCUT2D eigenvalue weighted by Crippen LogP contribution is 2.34. The predicted molar refractivity (Wildman–Crippen MR) is 70.1 cm³/mol. The molecule has 2 heterocycles. The quantitative estimate of drug-likeness (QED) is 0.706. The average molecular weight is 297 g/mol. The van der Waals surface area contributed by atoms with Crippen molar-refractivity contribution in [2.45, 2.75) is 32.2 Å². The van der Waals surface area contributed by atoms with E-state index in [4.69, 9.17) is 0 Å². The van der Waals surface area contributed by atoms with E-state index in [9.17, 15) is 4.39 Å². The van der Waals surface area contributed by atoms with Gasteiger partial charge in [-0.15, -0.1) is 0 Å². The van der Waals surface area contributed by atoms with Crippen molar-refractivity contribution in [3.63, 3.8) is 0 Å². The molecule has 0 spiro atoms. The highest BCUT2D eigenvalue weighted by molar-refractivity contribution is 9.10. The number of hydrogen-bond donors (Lipinski definition) is 0. The lowest BCUT2D eigenvalue weighted by molar-refractivity contribution is 0.402. The molecule has 0 N–H and O–H groups in total. The van der Waals surface area contributed by atoms with E-state index in [-0.39, 0.29) is 5.82 Å². The Morgan fingerprint density at radius 3 is 3.00 bits per heavy atom. The molecule has 0 aliphatic carbocycles. The lowest BCUT2D eigenvalue weighted by Crippen LogP contribution is -2.32. The van der Waals surface area contributed by atoms with Crippen LogP contribution in [0.1, 0.15) is 31.2 Å². The molecule has 0 bridgehead atoms. The van der Waals surface area contributed by atoms with Gasteiger partial charge >= 0.3 is 0 Å². The maximum absolute atomic E-state index is 13.3. The highest BCUT2D eigenvalue weighted by Gasteiger charge is 2.23. The molecular formula is C13H14BrFN2. The summed E-state index contributed by atoms with van der Waals surface area (Å²) in [5, 5.41) is 0. The van der Waals surface area contributed by atoms with Gasteiger partial charge in [0.1, 0.15) is 11.7 Å². The molecule has 0 aromatic heterocycles. The van der Waals surface area contributed by atoms with Gasteiger partial charge in [0.05, 0.1) is 5.69 Å². The SMILES string of the molecule is Fc1cc(Br)c2c(c1)N=C1CCCCCN1C2. The molecule has 1 fully saturated rings. The Balaban J connectivity index is 2.05. The monoisotopic (exact) mass is 296 g/mol. The third-order valence-electron chi connectivity index (χ3n) is 3.43. The first-order chi connectivity index (χ1) is 8.24. The Morgan fingerprint density at radius 1 is 1.24 bits per heavy atom. The van der Waals surface area contributed by atoms with Gasteiger partial charge in [0.2, 0.25) is 0 Å². The molecule has 4 heteroatoms. The molecule has 17 heavy (non-hydrogen) atoms. The van der Waals surface area contributed by atoms with Gasteiger partial charge in [-0.1, -0.05) is 22.4 Å². The Bertz CT molecular complexity index is 485. The molecule has 2 aliphatic heterocycles. The van der Waals surface area contributed by atoms with Crippen LogP contribution in [0.2, 0.25) is 0 Å². The molecule has 0 atom stereocenters. The third-order valence-corrected chi connectivity index (χ3v) is 4.14. The summed E-state index contributed by atoms with van der Waals surface area (Å²) in [6, 6.07) is 3.06. The van der Waals surface area contributed by atoms with Gasteiger partial charge in [0.25, 0.3) is 0 Å². The largest absolute Gasteiger partial charge is 0.356 e. The first-order valence-corrected chi connectivity index (χ1v) is 6.84. The lowest BCUT2D eigenvalue weighted by atomic mass is 10.1. The average Bonchev–Trinajstić information content (AvgIpc) is 2.51. The van der Waals surface area contributed by atoms with Crippen molar-refractivity contribution < 1.29 is 4.39 Å². The summed E-state index contributed by atoms with van der Waals surface area (Å²) in [7, 11) is 0. The van der Waals surface area contributed by atoms with Crippen molar-refractivity contribution in [2.75, 3.05) is 6.54 Å². The van der Waals surface area contributed by atoms with E-state index < -0.39 is 0 Å². The minimum atomic E-state index is -0.220. The second-order valence-corrected chi connectivity index (χ2v) is 5.50. The number of hydrogen-bond acceptors (Lipinski definition) is 2. The molecule has 2 aliphatic rings. The Morgan fingerprint density at radius 2 is 2.12 bits per heavy atom. The fourth-order valence-corrected chi connectivity index (χ4v) is 3.07. The number of fused-ring (bicyclic) bond motifs is 2. The van der Waals surface area contributed by atoms with E-state index in [1.807, 2.05) is 0 Å². The van der Waals surface area contributed by atoms with Crippen molar-refractivity contribution >= 4 is 27.5 Å². The van der Waals surface area contributed by atoms with E-state index in [1.165, 1.54) is 31.4 Å². The molecule has 90 valence electrons. The molecule has 0 radical (unpaired) electrons. The van der Waals surface area contributed by atoms with Gasteiger partial charge in [-0.05, 0) is 25.0 Å².